The normalized spacial score (nSPS) is 9.92. The van der Waals surface area contributed by atoms with E-state index in [1.54, 1.807) is 25.1 Å². The largest absolute Gasteiger partial charge is 0.494 e. The Kier molecular flexibility index (Phi) is 3.69. The van der Waals surface area contributed by atoms with Crippen molar-refractivity contribution in [3.05, 3.63) is 23.0 Å². The fourth-order valence-corrected chi connectivity index (χ4v) is 1.53. The number of halogens is 1. The maximum atomic E-state index is 5.75. The van der Waals surface area contributed by atoms with E-state index in [2.05, 4.69) is 4.98 Å². The van der Waals surface area contributed by atoms with Crippen LogP contribution in [0.2, 0.25) is 5.15 Å². The molecule has 12 heavy (non-hydrogen) atoms. The Morgan fingerprint density at radius 2 is 2.42 bits per heavy atom. The predicted molar refractivity (Wildman–Crippen MR) is 53.0 cm³/mol. The number of hydrogen-bond donors (Lipinski definition) is 0. The Morgan fingerprint density at radius 3 is 3.00 bits per heavy atom. The quantitative estimate of drug-likeness (QED) is 0.706. The first-order valence-corrected chi connectivity index (χ1v) is 5.22. The maximum absolute atomic E-state index is 5.75. The average molecular weight is 204 g/mol. The van der Waals surface area contributed by atoms with Gasteiger partial charge in [-0.3, -0.25) is 0 Å². The summed E-state index contributed by atoms with van der Waals surface area (Å²) in [5.41, 5.74) is 1.13. The van der Waals surface area contributed by atoms with Crippen LogP contribution >= 0.6 is 23.4 Å². The highest BCUT2D eigenvalue weighted by molar-refractivity contribution is 7.97. The van der Waals surface area contributed by atoms with Crippen LogP contribution in [0.15, 0.2) is 12.3 Å². The van der Waals surface area contributed by atoms with Crippen LogP contribution in [-0.4, -0.2) is 18.3 Å². The molecule has 4 heteroatoms. The monoisotopic (exact) mass is 203 g/mol. The molecule has 0 unspecified atom stereocenters. The second-order valence-electron chi connectivity index (χ2n) is 2.27. The third-order valence-electron chi connectivity index (χ3n) is 1.39. The molecule has 0 aromatic carbocycles. The van der Waals surface area contributed by atoms with Gasteiger partial charge in [0, 0.05) is 11.9 Å². The Labute approximate surface area is 81.3 Å². The van der Waals surface area contributed by atoms with Crippen molar-refractivity contribution in [3.8, 4) is 5.75 Å². The van der Waals surface area contributed by atoms with E-state index < -0.39 is 0 Å². The van der Waals surface area contributed by atoms with Crippen molar-refractivity contribution in [2.45, 2.75) is 5.75 Å². The van der Waals surface area contributed by atoms with E-state index in [-0.39, 0.29) is 0 Å². The molecule has 0 spiro atoms. The molecule has 0 aliphatic rings. The molecule has 1 aromatic rings. The molecule has 1 aromatic heterocycles. The van der Waals surface area contributed by atoms with Crippen molar-refractivity contribution in [1.82, 2.24) is 4.98 Å². The van der Waals surface area contributed by atoms with E-state index in [4.69, 9.17) is 16.3 Å². The van der Waals surface area contributed by atoms with Crippen LogP contribution in [0.5, 0.6) is 5.75 Å². The van der Waals surface area contributed by atoms with E-state index >= 15 is 0 Å². The van der Waals surface area contributed by atoms with Crippen LogP contribution in [-0.2, 0) is 5.75 Å². The van der Waals surface area contributed by atoms with Gasteiger partial charge in [0.25, 0.3) is 0 Å². The standard InChI is InChI=1S/C8H10ClNOS/c1-11-7-3-6(5-12-2)4-10-8(7)9/h3-4H,5H2,1-2H3. The van der Waals surface area contributed by atoms with Gasteiger partial charge in [0.05, 0.1) is 7.11 Å². The summed E-state index contributed by atoms with van der Waals surface area (Å²) in [6.07, 6.45) is 3.81. The van der Waals surface area contributed by atoms with Crippen LogP contribution in [0.25, 0.3) is 0 Å². The molecule has 0 amide bonds. The van der Waals surface area contributed by atoms with E-state index in [0.717, 1.165) is 11.3 Å². The third kappa shape index (κ3) is 2.29. The van der Waals surface area contributed by atoms with Crippen molar-refractivity contribution in [3.63, 3.8) is 0 Å². The van der Waals surface area contributed by atoms with Gasteiger partial charge in [0.15, 0.2) is 10.9 Å². The van der Waals surface area contributed by atoms with Crippen LogP contribution in [0.1, 0.15) is 5.56 Å². The summed E-state index contributed by atoms with van der Waals surface area (Å²) in [7, 11) is 1.59. The molecule has 1 rings (SSSR count). The fourth-order valence-electron chi connectivity index (χ4n) is 0.857. The molecule has 0 bridgehead atoms. The predicted octanol–water partition coefficient (Wildman–Crippen LogP) is 2.61. The topological polar surface area (TPSA) is 22.1 Å². The summed E-state index contributed by atoms with van der Waals surface area (Å²) in [6.45, 7) is 0. The molecule has 0 N–H and O–H groups in total. The van der Waals surface area contributed by atoms with Gasteiger partial charge in [-0.15, -0.1) is 0 Å². The number of rotatable bonds is 3. The minimum Gasteiger partial charge on any atom is -0.494 e. The Bertz CT molecular complexity index is 267. The highest BCUT2D eigenvalue weighted by Gasteiger charge is 2.02. The lowest BCUT2D eigenvalue weighted by molar-refractivity contribution is 0.413. The number of methoxy groups -OCH3 is 1. The van der Waals surface area contributed by atoms with Crippen LogP contribution < -0.4 is 4.74 Å². The van der Waals surface area contributed by atoms with E-state index in [1.807, 2.05) is 12.3 Å². The van der Waals surface area contributed by atoms with Gasteiger partial charge >= 0.3 is 0 Å². The zero-order valence-electron chi connectivity index (χ0n) is 7.00. The van der Waals surface area contributed by atoms with Gasteiger partial charge in [-0.1, -0.05) is 11.6 Å². The lowest BCUT2D eigenvalue weighted by Gasteiger charge is -2.03. The first-order valence-electron chi connectivity index (χ1n) is 3.45. The maximum Gasteiger partial charge on any atom is 0.171 e. The Hall–Kier alpha value is -0.410. The van der Waals surface area contributed by atoms with Gasteiger partial charge in [-0.05, 0) is 17.9 Å². The molecule has 0 radical (unpaired) electrons. The molecule has 0 aliphatic heterocycles. The molecule has 66 valence electrons. The SMILES string of the molecule is COc1cc(CSC)cnc1Cl. The number of aromatic nitrogens is 1. The second kappa shape index (κ2) is 4.58. The zero-order valence-corrected chi connectivity index (χ0v) is 8.58. The number of pyridine rings is 1. The van der Waals surface area contributed by atoms with Crippen molar-refractivity contribution in [2.24, 2.45) is 0 Å². The van der Waals surface area contributed by atoms with Gasteiger partial charge in [-0.2, -0.15) is 11.8 Å². The van der Waals surface area contributed by atoms with Gasteiger partial charge in [0.1, 0.15) is 0 Å². The van der Waals surface area contributed by atoms with Crippen molar-refractivity contribution in [2.75, 3.05) is 13.4 Å². The fraction of sp³-hybridized carbons (Fsp3) is 0.375. The number of ether oxygens (including phenoxy) is 1. The highest BCUT2D eigenvalue weighted by Crippen LogP contribution is 2.23. The summed E-state index contributed by atoms with van der Waals surface area (Å²) in [5.74, 6) is 1.57. The van der Waals surface area contributed by atoms with Crippen molar-refractivity contribution < 1.29 is 4.74 Å². The van der Waals surface area contributed by atoms with Crippen molar-refractivity contribution >= 4 is 23.4 Å². The molecular weight excluding hydrogens is 194 g/mol. The van der Waals surface area contributed by atoms with Crippen molar-refractivity contribution in [1.29, 1.82) is 0 Å². The molecule has 0 saturated heterocycles. The minimum absolute atomic E-state index is 0.419. The zero-order chi connectivity index (χ0) is 8.97. The highest BCUT2D eigenvalue weighted by atomic mass is 35.5. The number of thioether (sulfide) groups is 1. The van der Waals surface area contributed by atoms with Crippen LogP contribution in [0, 0.1) is 0 Å². The van der Waals surface area contributed by atoms with Gasteiger partial charge in [-0.25, -0.2) is 4.98 Å². The first kappa shape index (κ1) is 9.68. The minimum atomic E-state index is 0.419. The van der Waals surface area contributed by atoms with Gasteiger partial charge in [0.2, 0.25) is 0 Å². The number of nitrogens with zero attached hydrogens (tertiary/aromatic N) is 1. The third-order valence-corrected chi connectivity index (χ3v) is 2.30. The first-order chi connectivity index (χ1) is 5.77. The summed E-state index contributed by atoms with van der Waals surface area (Å²) in [4.78, 5) is 4.00. The molecule has 0 atom stereocenters. The molecule has 0 aliphatic carbocycles. The molecule has 0 saturated carbocycles. The molecular formula is C8H10ClNOS. The molecule has 0 fully saturated rings. The van der Waals surface area contributed by atoms with E-state index in [0.29, 0.717) is 10.9 Å². The van der Waals surface area contributed by atoms with E-state index in [9.17, 15) is 0 Å². The smallest absolute Gasteiger partial charge is 0.171 e. The van der Waals surface area contributed by atoms with E-state index in [1.165, 1.54) is 0 Å². The van der Waals surface area contributed by atoms with Gasteiger partial charge < -0.3 is 4.74 Å². The molecule has 1 heterocycles. The summed E-state index contributed by atoms with van der Waals surface area (Å²) < 4.78 is 5.03. The molecule has 2 nitrogen and oxygen atoms in total. The average Bonchev–Trinajstić information content (AvgIpc) is 2.09. The van der Waals surface area contributed by atoms with Crippen LogP contribution in [0.4, 0.5) is 0 Å². The van der Waals surface area contributed by atoms with Crippen LogP contribution in [0.3, 0.4) is 0 Å². The Morgan fingerprint density at radius 1 is 1.67 bits per heavy atom. The summed E-state index contributed by atoms with van der Waals surface area (Å²) >= 11 is 7.49. The lowest BCUT2D eigenvalue weighted by atomic mass is 10.3. The summed E-state index contributed by atoms with van der Waals surface area (Å²) in [5, 5.41) is 0.419. The Balaban J connectivity index is 2.89. The second-order valence-corrected chi connectivity index (χ2v) is 3.49. The lowest BCUT2D eigenvalue weighted by Crippen LogP contribution is -1.89. The summed E-state index contributed by atoms with van der Waals surface area (Å²) in [6, 6.07) is 1.91. The number of hydrogen-bond acceptors (Lipinski definition) is 3.